The number of amides is 1. The van der Waals surface area contributed by atoms with Gasteiger partial charge in [0.2, 0.25) is 0 Å². The molecule has 4 rings (SSSR count). The first-order chi connectivity index (χ1) is 14.9. The quantitative estimate of drug-likeness (QED) is 0.617. The van der Waals surface area contributed by atoms with E-state index in [0.29, 0.717) is 43.9 Å². The number of carbonyl (C=O) groups excluding carboxylic acids is 1. The zero-order valence-corrected chi connectivity index (χ0v) is 18.1. The van der Waals surface area contributed by atoms with Gasteiger partial charge < -0.3 is 14.2 Å². The van der Waals surface area contributed by atoms with E-state index in [4.69, 9.17) is 14.4 Å². The Morgan fingerprint density at radius 2 is 1.84 bits per heavy atom. The number of hydrogen-bond donors (Lipinski definition) is 0. The molecule has 2 aromatic heterocycles. The molecule has 0 saturated carbocycles. The number of hydrogen-bond acceptors (Lipinski definition) is 5. The van der Waals surface area contributed by atoms with Crippen LogP contribution in [-0.2, 0) is 6.42 Å². The van der Waals surface area contributed by atoms with Gasteiger partial charge in [-0.2, -0.15) is 0 Å². The minimum Gasteiger partial charge on any atom is -0.459 e. The molecule has 31 heavy (non-hydrogen) atoms. The first-order valence-electron chi connectivity index (χ1n) is 10.6. The minimum atomic E-state index is -0.227. The number of aryl methyl sites for hydroxylation is 1. The van der Waals surface area contributed by atoms with Crippen LogP contribution < -0.4 is 4.90 Å². The van der Waals surface area contributed by atoms with Crippen LogP contribution in [0.15, 0.2) is 47.1 Å². The molecule has 162 valence electrons. The van der Waals surface area contributed by atoms with Crippen molar-refractivity contribution in [1.29, 1.82) is 0 Å². The van der Waals surface area contributed by atoms with Crippen molar-refractivity contribution in [2.45, 2.75) is 33.1 Å². The molecule has 0 bridgehead atoms. The van der Waals surface area contributed by atoms with E-state index in [9.17, 15) is 9.18 Å². The summed E-state index contributed by atoms with van der Waals surface area (Å²) in [6, 6.07) is 10.2. The Balaban J connectivity index is 1.60. The molecule has 6 nitrogen and oxygen atoms in total. The summed E-state index contributed by atoms with van der Waals surface area (Å²) >= 11 is 0. The fraction of sp³-hybridized carbons (Fsp3) is 0.375. The van der Waals surface area contributed by atoms with E-state index in [2.05, 4.69) is 18.7 Å². The number of nitrogens with zero attached hydrogens (tertiary/aromatic N) is 4. The largest absolute Gasteiger partial charge is 0.459 e. The second kappa shape index (κ2) is 8.88. The molecule has 1 amide bonds. The standard InChI is InChI=1S/C24H27FN4O2/c1-16(2)22-26-17(3)19(15-18-7-4-5-8-20(18)25)23(27-22)28-10-12-29(13-11-28)24(30)21-9-6-14-31-21/h4-9,14,16H,10-13,15H2,1-3H3. The van der Waals surface area contributed by atoms with Crippen molar-refractivity contribution in [3.8, 4) is 0 Å². The van der Waals surface area contributed by atoms with Crippen LogP contribution in [0.25, 0.3) is 0 Å². The van der Waals surface area contributed by atoms with Gasteiger partial charge in [0.25, 0.3) is 5.91 Å². The van der Waals surface area contributed by atoms with Gasteiger partial charge in [0.15, 0.2) is 5.76 Å². The van der Waals surface area contributed by atoms with Gasteiger partial charge in [0, 0.05) is 49.8 Å². The smallest absolute Gasteiger partial charge is 0.289 e. The monoisotopic (exact) mass is 422 g/mol. The van der Waals surface area contributed by atoms with Crippen molar-refractivity contribution in [2.75, 3.05) is 31.1 Å². The highest BCUT2D eigenvalue weighted by atomic mass is 19.1. The lowest BCUT2D eigenvalue weighted by atomic mass is 10.0. The maximum Gasteiger partial charge on any atom is 0.289 e. The third-order valence-electron chi connectivity index (χ3n) is 5.65. The summed E-state index contributed by atoms with van der Waals surface area (Å²) in [6.45, 7) is 8.51. The fourth-order valence-electron chi connectivity index (χ4n) is 3.84. The molecule has 1 aromatic carbocycles. The van der Waals surface area contributed by atoms with Crippen molar-refractivity contribution < 1.29 is 13.6 Å². The molecule has 7 heteroatoms. The Bertz CT molecular complexity index is 1060. The van der Waals surface area contributed by atoms with E-state index >= 15 is 0 Å². The van der Waals surface area contributed by atoms with E-state index in [1.165, 1.54) is 12.3 Å². The molecule has 0 radical (unpaired) electrons. The molecule has 1 fully saturated rings. The molecule has 3 aromatic rings. The second-order valence-corrected chi connectivity index (χ2v) is 8.15. The molecule has 0 spiro atoms. The van der Waals surface area contributed by atoms with Crippen LogP contribution in [0.3, 0.4) is 0 Å². The summed E-state index contributed by atoms with van der Waals surface area (Å²) in [6.07, 6.45) is 1.94. The van der Waals surface area contributed by atoms with Crippen molar-refractivity contribution in [1.82, 2.24) is 14.9 Å². The molecule has 1 aliphatic heterocycles. The third-order valence-corrected chi connectivity index (χ3v) is 5.65. The van der Waals surface area contributed by atoms with Crippen LogP contribution in [0.4, 0.5) is 10.2 Å². The summed E-state index contributed by atoms with van der Waals surface area (Å²) < 4.78 is 19.6. The average molecular weight is 423 g/mol. The Morgan fingerprint density at radius 3 is 2.48 bits per heavy atom. The lowest BCUT2D eigenvalue weighted by Crippen LogP contribution is -2.49. The predicted molar refractivity (Wildman–Crippen MR) is 117 cm³/mol. The number of carbonyl (C=O) groups is 1. The van der Waals surface area contributed by atoms with Gasteiger partial charge in [-0.3, -0.25) is 4.79 Å². The van der Waals surface area contributed by atoms with Crippen LogP contribution in [0.1, 0.15) is 53.0 Å². The molecule has 0 aliphatic carbocycles. The van der Waals surface area contributed by atoms with Crippen LogP contribution in [0, 0.1) is 12.7 Å². The van der Waals surface area contributed by atoms with E-state index in [1.807, 2.05) is 13.0 Å². The van der Waals surface area contributed by atoms with Crippen molar-refractivity contribution >= 4 is 11.7 Å². The number of halogens is 1. The highest BCUT2D eigenvalue weighted by Gasteiger charge is 2.27. The van der Waals surface area contributed by atoms with Gasteiger partial charge >= 0.3 is 0 Å². The molecular weight excluding hydrogens is 395 g/mol. The van der Waals surface area contributed by atoms with Crippen molar-refractivity contribution in [2.24, 2.45) is 0 Å². The predicted octanol–water partition coefficient (Wildman–Crippen LogP) is 4.19. The van der Waals surface area contributed by atoms with Gasteiger partial charge in [-0.05, 0) is 30.7 Å². The van der Waals surface area contributed by atoms with Crippen LogP contribution in [-0.4, -0.2) is 47.0 Å². The molecule has 0 N–H and O–H groups in total. The summed E-state index contributed by atoms with van der Waals surface area (Å²) in [4.78, 5) is 26.1. The van der Waals surface area contributed by atoms with Crippen LogP contribution >= 0.6 is 0 Å². The lowest BCUT2D eigenvalue weighted by molar-refractivity contribution is 0.0714. The van der Waals surface area contributed by atoms with Crippen molar-refractivity contribution in [3.63, 3.8) is 0 Å². The topological polar surface area (TPSA) is 62.5 Å². The third kappa shape index (κ3) is 4.45. The number of furan rings is 1. The molecule has 0 atom stereocenters. The van der Waals surface area contributed by atoms with Gasteiger partial charge in [-0.1, -0.05) is 32.0 Å². The summed E-state index contributed by atoms with van der Waals surface area (Å²) in [5.74, 6) is 1.83. The number of anilines is 1. The summed E-state index contributed by atoms with van der Waals surface area (Å²) in [7, 11) is 0. The van der Waals surface area contributed by atoms with E-state index < -0.39 is 0 Å². The SMILES string of the molecule is Cc1nc(C(C)C)nc(N2CCN(C(=O)c3ccco3)CC2)c1Cc1ccccc1F. The summed E-state index contributed by atoms with van der Waals surface area (Å²) in [5, 5.41) is 0. The highest BCUT2D eigenvalue weighted by molar-refractivity contribution is 5.91. The minimum absolute atomic E-state index is 0.0991. The Morgan fingerprint density at radius 1 is 1.10 bits per heavy atom. The van der Waals surface area contributed by atoms with Crippen LogP contribution in [0.2, 0.25) is 0 Å². The van der Waals surface area contributed by atoms with Crippen LogP contribution in [0.5, 0.6) is 0 Å². The van der Waals surface area contributed by atoms with Gasteiger partial charge in [0.05, 0.1) is 6.26 Å². The maximum atomic E-state index is 14.4. The Labute approximate surface area is 181 Å². The zero-order valence-electron chi connectivity index (χ0n) is 18.1. The molecular formula is C24H27FN4O2. The van der Waals surface area contributed by atoms with E-state index in [0.717, 1.165) is 22.9 Å². The van der Waals surface area contributed by atoms with E-state index in [1.54, 1.807) is 29.2 Å². The number of aromatic nitrogens is 2. The Kier molecular flexibility index (Phi) is 6.02. The summed E-state index contributed by atoms with van der Waals surface area (Å²) in [5.41, 5.74) is 2.42. The molecule has 1 aliphatic rings. The van der Waals surface area contributed by atoms with Gasteiger partial charge in [-0.25, -0.2) is 14.4 Å². The number of piperazine rings is 1. The number of rotatable bonds is 5. The molecule has 1 saturated heterocycles. The average Bonchev–Trinajstić information content (AvgIpc) is 3.31. The Hall–Kier alpha value is -3.22. The first-order valence-corrected chi connectivity index (χ1v) is 10.6. The highest BCUT2D eigenvalue weighted by Crippen LogP contribution is 2.28. The molecule has 3 heterocycles. The normalized spacial score (nSPS) is 14.4. The zero-order chi connectivity index (χ0) is 22.0. The molecule has 0 unspecified atom stereocenters. The first kappa shape index (κ1) is 21.0. The fourth-order valence-corrected chi connectivity index (χ4v) is 3.84. The number of benzene rings is 1. The maximum absolute atomic E-state index is 14.4. The van der Waals surface area contributed by atoms with Crippen molar-refractivity contribution in [3.05, 3.63) is 76.9 Å². The lowest BCUT2D eigenvalue weighted by Gasteiger charge is -2.36. The second-order valence-electron chi connectivity index (χ2n) is 8.15. The van der Waals surface area contributed by atoms with Gasteiger partial charge in [0.1, 0.15) is 17.5 Å². The van der Waals surface area contributed by atoms with E-state index in [-0.39, 0.29) is 17.6 Å². The van der Waals surface area contributed by atoms with Gasteiger partial charge in [-0.15, -0.1) is 0 Å².